The Morgan fingerprint density at radius 2 is 1.65 bits per heavy atom. The Kier molecular flexibility index (Phi) is 5.48. The van der Waals surface area contributed by atoms with E-state index in [9.17, 15) is 26.7 Å². The first kappa shape index (κ1) is 22.3. The van der Waals surface area contributed by atoms with Crippen LogP contribution in [0.25, 0.3) is 0 Å². The highest BCUT2D eigenvalue weighted by Gasteiger charge is 2.45. The van der Waals surface area contributed by atoms with Gasteiger partial charge in [0.05, 0.1) is 25.3 Å². The van der Waals surface area contributed by atoms with Crippen molar-refractivity contribution >= 4 is 24.0 Å². The number of hydrogen-bond acceptors (Lipinski definition) is 6. The predicted octanol–water partition coefficient (Wildman–Crippen LogP) is 3.02. The summed E-state index contributed by atoms with van der Waals surface area (Å²) in [6.45, 7) is -0.0157. The Labute approximate surface area is 191 Å². The number of halogens is 5. The lowest BCUT2D eigenvalue weighted by Gasteiger charge is -2.40. The maximum atomic E-state index is 14.1. The first-order valence-corrected chi connectivity index (χ1v) is 10.7. The van der Waals surface area contributed by atoms with E-state index in [0.717, 1.165) is 17.2 Å². The lowest BCUT2D eigenvalue weighted by atomic mass is 10.0. The molecule has 180 valence electrons. The molecule has 3 aliphatic rings. The first-order chi connectivity index (χ1) is 16.2. The number of amides is 2. The molecule has 2 amide bonds. The van der Waals surface area contributed by atoms with Crippen LogP contribution in [-0.4, -0.2) is 77.3 Å². The molecule has 1 atom stereocenters. The molecule has 4 heterocycles. The summed E-state index contributed by atoms with van der Waals surface area (Å²) in [6, 6.07) is 2.09. The highest BCUT2D eigenvalue weighted by atomic mass is 19.3. The summed E-state index contributed by atoms with van der Waals surface area (Å²) in [4.78, 5) is 25.6. The van der Waals surface area contributed by atoms with Gasteiger partial charge in [0.25, 0.3) is 5.92 Å². The Morgan fingerprint density at radius 3 is 2.29 bits per heavy atom. The molecule has 0 N–H and O–H groups in total. The lowest BCUT2D eigenvalue weighted by molar-refractivity contribution is -0.0270. The van der Waals surface area contributed by atoms with Crippen molar-refractivity contribution < 1.29 is 26.7 Å². The number of urea groups is 1. The number of hydrogen-bond donors (Lipinski definition) is 0. The molecule has 0 saturated carbocycles. The summed E-state index contributed by atoms with van der Waals surface area (Å²) in [5.74, 6) is -5.10. The van der Waals surface area contributed by atoms with Gasteiger partial charge in [0, 0.05) is 44.9 Å². The molecule has 3 aliphatic heterocycles. The third-order valence-electron chi connectivity index (χ3n) is 5.99. The molecule has 0 unspecified atom stereocenters. The number of carbonyl (C=O) groups excluding carboxylic acids is 1. The molecule has 0 spiro atoms. The second kappa shape index (κ2) is 8.37. The Balaban J connectivity index is 1.24. The van der Waals surface area contributed by atoms with Crippen LogP contribution < -0.4 is 9.80 Å². The van der Waals surface area contributed by atoms with Gasteiger partial charge < -0.3 is 14.7 Å². The van der Waals surface area contributed by atoms with E-state index in [1.807, 2.05) is 0 Å². The lowest BCUT2D eigenvalue weighted by Crippen LogP contribution is -2.57. The van der Waals surface area contributed by atoms with E-state index in [2.05, 4.69) is 15.1 Å². The molecule has 1 aromatic heterocycles. The summed E-state index contributed by atoms with van der Waals surface area (Å²) in [5, 5.41) is 5.31. The maximum absolute atomic E-state index is 14.1. The van der Waals surface area contributed by atoms with Gasteiger partial charge in [0.15, 0.2) is 11.6 Å². The van der Waals surface area contributed by atoms with Crippen LogP contribution in [0, 0.1) is 17.5 Å². The van der Waals surface area contributed by atoms with Gasteiger partial charge >= 0.3 is 6.03 Å². The van der Waals surface area contributed by atoms with Crippen molar-refractivity contribution in [2.24, 2.45) is 5.10 Å². The number of alkyl halides is 2. The molecule has 2 aromatic rings. The van der Waals surface area contributed by atoms with Gasteiger partial charge in [0.2, 0.25) is 5.95 Å². The van der Waals surface area contributed by atoms with E-state index in [4.69, 9.17) is 0 Å². The highest BCUT2D eigenvalue weighted by Crippen LogP contribution is 2.33. The van der Waals surface area contributed by atoms with Gasteiger partial charge in [-0.05, 0) is 17.7 Å². The van der Waals surface area contributed by atoms with Crippen LogP contribution >= 0.6 is 0 Å². The van der Waals surface area contributed by atoms with Crippen molar-refractivity contribution in [2.45, 2.75) is 18.4 Å². The highest BCUT2D eigenvalue weighted by molar-refractivity contribution is 5.78. The fraction of sp³-hybridized carbons (Fsp3) is 0.429. The number of hydrazone groups is 1. The van der Waals surface area contributed by atoms with E-state index >= 15 is 0 Å². The van der Waals surface area contributed by atoms with Crippen LogP contribution in [0.4, 0.5) is 38.5 Å². The number of benzene rings is 1. The van der Waals surface area contributed by atoms with Crippen LogP contribution in [0.2, 0.25) is 0 Å². The molecule has 34 heavy (non-hydrogen) atoms. The van der Waals surface area contributed by atoms with E-state index in [0.29, 0.717) is 25.1 Å². The van der Waals surface area contributed by atoms with E-state index in [-0.39, 0.29) is 24.9 Å². The van der Waals surface area contributed by atoms with Gasteiger partial charge in [-0.25, -0.2) is 36.7 Å². The Bertz CT molecular complexity index is 1110. The Morgan fingerprint density at radius 1 is 0.971 bits per heavy atom. The molecule has 8 nitrogen and oxygen atoms in total. The number of aromatic nitrogens is 2. The number of anilines is 2. The monoisotopic (exact) mass is 481 g/mol. The quantitative estimate of drug-likeness (QED) is 0.631. The molecule has 0 bridgehead atoms. The van der Waals surface area contributed by atoms with Crippen molar-refractivity contribution in [3.63, 3.8) is 0 Å². The average molecular weight is 481 g/mol. The molecular formula is C21H20F5N7O. The zero-order valence-corrected chi connectivity index (χ0v) is 17.8. The van der Waals surface area contributed by atoms with Crippen molar-refractivity contribution in [1.29, 1.82) is 0 Å². The van der Waals surface area contributed by atoms with E-state index in [1.165, 1.54) is 23.4 Å². The maximum Gasteiger partial charge on any atom is 0.341 e. The normalized spacial score (nSPS) is 21.7. The van der Waals surface area contributed by atoms with Crippen molar-refractivity contribution in [3.8, 4) is 0 Å². The zero-order chi connectivity index (χ0) is 24.0. The molecule has 1 aromatic carbocycles. The van der Waals surface area contributed by atoms with Crippen LogP contribution in [0.1, 0.15) is 18.0 Å². The van der Waals surface area contributed by atoms with Crippen LogP contribution in [0.3, 0.4) is 0 Å². The molecule has 2 fully saturated rings. The molecule has 0 radical (unpaired) electrons. The first-order valence-electron chi connectivity index (χ1n) is 10.7. The molecule has 5 rings (SSSR count). The zero-order valence-electron chi connectivity index (χ0n) is 17.8. The van der Waals surface area contributed by atoms with Crippen LogP contribution in [0.5, 0.6) is 0 Å². The summed E-state index contributed by atoms with van der Waals surface area (Å²) < 4.78 is 67.8. The number of nitrogens with zero attached hydrogens (tertiary/aromatic N) is 7. The number of carbonyl (C=O) groups is 1. The summed E-state index contributed by atoms with van der Waals surface area (Å²) in [7, 11) is 0. The van der Waals surface area contributed by atoms with E-state index in [1.54, 1.807) is 9.80 Å². The second-order valence-corrected chi connectivity index (χ2v) is 8.41. The number of rotatable bonds is 3. The SMILES string of the molecule is O=C(N1CCN(c2ncc(F)c(N3CC(F)(F)C3)n2)CC1)N1N=CC[C@H]1c1cc(F)cc(F)c1. The van der Waals surface area contributed by atoms with Gasteiger partial charge in [-0.2, -0.15) is 10.1 Å². The largest absolute Gasteiger partial charge is 0.342 e. The minimum Gasteiger partial charge on any atom is -0.342 e. The van der Waals surface area contributed by atoms with Gasteiger partial charge in [-0.1, -0.05) is 0 Å². The fourth-order valence-electron chi connectivity index (χ4n) is 4.27. The van der Waals surface area contributed by atoms with Crippen LogP contribution in [0.15, 0.2) is 29.5 Å². The minimum atomic E-state index is -2.86. The standard InChI is InChI=1S/C21H20F5N7O/c22-14-7-13(8-15(23)9-14)17-1-2-28-33(17)20(34)31-5-3-30(4-6-31)19-27-10-16(24)18(29-19)32-11-21(25,26)12-32/h2,7-10,17H,1,3-6,11-12H2/t17-/m0/s1. The average Bonchev–Trinajstić information content (AvgIpc) is 3.27. The minimum absolute atomic E-state index is 0.175. The van der Waals surface area contributed by atoms with Gasteiger partial charge in [-0.3, -0.25) is 0 Å². The number of piperazine rings is 1. The van der Waals surface area contributed by atoms with Crippen molar-refractivity contribution in [3.05, 3.63) is 47.4 Å². The molecule has 13 heteroatoms. The molecular weight excluding hydrogens is 461 g/mol. The summed E-state index contributed by atoms with van der Waals surface area (Å²) in [6.07, 6.45) is 2.80. The Hall–Kier alpha value is -3.51. The molecule has 2 saturated heterocycles. The third kappa shape index (κ3) is 4.21. The predicted molar refractivity (Wildman–Crippen MR) is 112 cm³/mol. The fourth-order valence-corrected chi connectivity index (χ4v) is 4.27. The molecule has 0 aliphatic carbocycles. The second-order valence-electron chi connectivity index (χ2n) is 8.41. The van der Waals surface area contributed by atoms with E-state index < -0.39 is 48.5 Å². The summed E-state index contributed by atoms with van der Waals surface area (Å²) in [5.41, 5.74) is 0.311. The van der Waals surface area contributed by atoms with Crippen molar-refractivity contribution in [2.75, 3.05) is 49.1 Å². The van der Waals surface area contributed by atoms with Gasteiger partial charge in [0.1, 0.15) is 11.6 Å². The van der Waals surface area contributed by atoms with Crippen LogP contribution in [-0.2, 0) is 0 Å². The topological polar surface area (TPSA) is 68.2 Å². The van der Waals surface area contributed by atoms with Crippen molar-refractivity contribution in [1.82, 2.24) is 19.9 Å². The smallest absolute Gasteiger partial charge is 0.341 e. The summed E-state index contributed by atoms with van der Waals surface area (Å²) >= 11 is 0. The third-order valence-corrected chi connectivity index (χ3v) is 5.99. The van der Waals surface area contributed by atoms with Gasteiger partial charge in [-0.15, -0.1) is 0 Å².